The van der Waals surface area contributed by atoms with Crippen LogP contribution in [0, 0.1) is 0 Å². The van der Waals surface area contributed by atoms with Gasteiger partial charge in [0.05, 0.1) is 112 Å². The Kier molecular flexibility index (Phi) is 20.5. The van der Waals surface area contributed by atoms with Crippen molar-refractivity contribution < 1.29 is 66.6 Å². The van der Waals surface area contributed by atoms with E-state index in [0.717, 1.165) is 0 Å². The summed E-state index contributed by atoms with van der Waals surface area (Å²) in [6.07, 6.45) is -0.433. The lowest BCUT2D eigenvalue weighted by Crippen LogP contribution is -2.32. The van der Waals surface area contributed by atoms with Crippen molar-refractivity contribution in [1.82, 2.24) is 10.4 Å². The first-order valence-electron chi connectivity index (χ1n) is 18.3. The van der Waals surface area contributed by atoms with Crippen molar-refractivity contribution in [2.24, 2.45) is 0 Å². The van der Waals surface area contributed by atoms with Crippen LogP contribution in [0.2, 0.25) is 0 Å². The Hall–Kier alpha value is -4.00. The lowest BCUT2D eigenvalue weighted by Gasteiger charge is -2.14. The summed E-state index contributed by atoms with van der Waals surface area (Å²) < 4.78 is 49.1. The Labute approximate surface area is 315 Å². The number of amides is 3. The molecule has 2 aliphatic rings. The van der Waals surface area contributed by atoms with E-state index in [2.05, 4.69) is 29.6 Å². The first-order chi connectivity index (χ1) is 26.5. The number of fused-ring (bicyclic) bond motifs is 3. The van der Waals surface area contributed by atoms with Gasteiger partial charge in [-0.15, -0.1) is 5.06 Å². The molecule has 16 nitrogen and oxygen atoms in total. The number of rotatable bonds is 30. The highest BCUT2D eigenvalue weighted by Gasteiger charge is 2.32. The smallest absolute Gasteiger partial charge is 0.407 e. The van der Waals surface area contributed by atoms with Gasteiger partial charge in [-0.05, 0) is 22.3 Å². The molecular formula is C38H52N2O14. The molecule has 1 N–H and O–H groups in total. The Morgan fingerprint density at radius 3 is 1.39 bits per heavy atom. The maximum absolute atomic E-state index is 12.2. The van der Waals surface area contributed by atoms with Gasteiger partial charge in [-0.25, -0.2) is 9.59 Å². The normalized spacial score (nSPS) is 13.7. The molecule has 1 saturated heterocycles. The van der Waals surface area contributed by atoms with Crippen LogP contribution in [0.4, 0.5) is 4.79 Å². The van der Waals surface area contributed by atoms with Crippen molar-refractivity contribution in [2.75, 3.05) is 119 Å². The largest absolute Gasteiger partial charge is 0.449 e. The van der Waals surface area contributed by atoms with Gasteiger partial charge in [0.1, 0.15) is 6.61 Å². The summed E-state index contributed by atoms with van der Waals surface area (Å²) >= 11 is 0. The van der Waals surface area contributed by atoms with Crippen molar-refractivity contribution in [2.45, 2.75) is 25.2 Å². The highest BCUT2D eigenvalue weighted by Crippen LogP contribution is 2.44. The second-order valence-corrected chi connectivity index (χ2v) is 11.9. The van der Waals surface area contributed by atoms with Gasteiger partial charge in [-0.2, -0.15) is 0 Å². The predicted octanol–water partition coefficient (Wildman–Crippen LogP) is 2.66. The van der Waals surface area contributed by atoms with E-state index in [1.807, 2.05) is 24.3 Å². The molecule has 1 heterocycles. The van der Waals surface area contributed by atoms with Gasteiger partial charge in [0.2, 0.25) is 0 Å². The third-order valence-corrected chi connectivity index (χ3v) is 8.11. The molecule has 4 rings (SSSR count). The van der Waals surface area contributed by atoms with Gasteiger partial charge in [0.15, 0.2) is 0 Å². The van der Waals surface area contributed by atoms with Crippen LogP contribution in [0.1, 0.15) is 36.3 Å². The summed E-state index contributed by atoms with van der Waals surface area (Å²) in [4.78, 5) is 51.5. The van der Waals surface area contributed by atoms with E-state index in [1.54, 1.807) is 0 Å². The van der Waals surface area contributed by atoms with Crippen LogP contribution in [0.5, 0.6) is 0 Å². The summed E-state index contributed by atoms with van der Waals surface area (Å²) in [6.45, 7) is 6.83. The molecule has 0 unspecified atom stereocenters. The van der Waals surface area contributed by atoms with Gasteiger partial charge in [0, 0.05) is 25.3 Å². The second-order valence-electron chi connectivity index (χ2n) is 11.9. The fraction of sp³-hybridized carbons (Fsp3) is 0.579. The van der Waals surface area contributed by atoms with Crippen LogP contribution < -0.4 is 5.32 Å². The highest BCUT2D eigenvalue weighted by molar-refractivity contribution is 6.01. The van der Waals surface area contributed by atoms with E-state index in [1.165, 1.54) is 22.3 Å². The lowest BCUT2D eigenvalue weighted by molar-refractivity contribution is -0.198. The van der Waals surface area contributed by atoms with E-state index < -0.39 is 23.9 Å². The predicted molar refractivity (Wildman–Crippen MR) is 191 cm³/mol. The molecule has 0 spiro atoms. The zero-order valence-corrected chi connectivity index (χ0v) is 30.7. The maximum Gasteiger partial charge on any atom is 0.407 e. The van der Waals surface area contributed by atoms with Crippen LogP contribution in [0.3, 0.4) is 0 Å². The van der Waals surface area contributed by atoms with Crippen molar-refractivity contribution in [1.29, 1.82) is 0 Å². The lowest BCUT2D eigenvalue weighted by atomic mass is 9.98. The molecule has 2 aromatic carbocycles. The van der Waals surface area contributed by atoms with E-state index in [0.29, 0.717) is 104 Å². The molecule has 1 fully saturated rings. The number of alkyl carbamates (subject to hydrolysis) is 1. The highest BCUT2D eigenvalue weighted by atomic mass is 16.7. The monoisotopic (exact) mass is 760 g/mol. The standard InChI is InChI=1S/C38H52N2O14/c41-35-9-10-36(42)40(35)54-37(43)11-13-45-15-17-47-19-21-49-23-25-51-27-28-52-26-24-50-22-20-48-18-16-46-14-12-39-38(44)53-29-34-32-7-3-1-5-30(32)31-6-2-4-8-33(31)34/h1-8,34H,9-29H2,(H,39,44). The van der Waals surface area contributed by atoms with E-state index in [-0.39, 0.29) is 45.0 Å². The van der Waals surface area contributed by atoms with Gasteiger partial charge in [-0.3, -0.25) is 9.59 Å². The SMILES string of the molecule is O=C(CCOCCOCCOCCOCCOCCOCCOCCOCCNC(=O)OCC1c2ccccc2-c2ccccc21)ON1C(=O)CCC1=O. The maximum atomic E-state index is 12.2. The number of nitrogens with zero attached hydrogens (tertiary/aromatic N) is 1. The summed E-state index contributed by atoms with van der Waals surface area (Å²) in [7, 11) is 0. The Bertz CT molecular complexity index is 1360. The molecule has 1 aliphatic carbocycles. The zero-order chi connectivity index (χ0) is 38.1. The Morgan fingerprint density at radius 1 is 0.556 bits per heavy atom. The number of ether oxygens (including phenoxy) is 9. The minimum absolute atomic E-state index is 0.0263. The van der Waals surface area contributed by atoms with Crippen molar-refractivity contribution in [3.05, 3.63) is 59.7 Å². The average Bonchev–Trinajstić information content (AvgIpc) is 3.68. The first-order valence-corrected chi connectivity index (χ1v) is 18.3. The van der Waals surface area contributed by atoms with Gasteiger partial charge in [-0.1, -0.05) is 48.5 Å². The minimum atomic E-state index is -0.703. The van der Waals surface area contributed by atoms with Crippen molar-refractivity contribution in [3.8, 4) is 11.1 Å². The van der Waals surface area contributed by atoms with Crippen LogP contribution in [0.15, 0.2) is 48.5 Å². The van der Waals surface area contributed by atoms with Gasteiger partial charge < -0.3 is 52.8 Å². The van der Waals surface area contributed by atoms with Crippen LogP contribution >= 0.6 is 0 Å². The third-order valence-electron chi connectivity index (χ3n) is 8.11. The number of nitrogens with one attached hydrogen (secondary N) is 1. The summed E-state index contributed by atoms with van der Waals surface area (Å²) in [5.74, 6) is -1.70. The Morgan fingerprint density at radius 2 is 0.944 bits per heavy atom. The molecule has 54 heavy (non-hydrogen) atoms. The number of hydroxylamine groups is 2. The van der Waals surface area contributed by atoms with E-state index >= 15 is 0 Å². The molecule has 16 heteroatoms. The summed E-state index contributed by atoms with van der Waals surface area (Å²) in [6, 6.07) is 16.5. The molecule has 298 valence electrons. The fourth-order valence-corrected chi connectivity index (χ4v) is 5.48. The first kappa shape index (κ1) is 42.7. The second kappa shape index (κ2) is 25.9. The number of carbonyl (C=O) groups excluding carboxylic acids is 4. The molecular weight excluding hydrogens is 708 g/mol. The molecule has 3 amide bonds. The molecule has 1 aliphatic heterocycles. The number of benzene rings is 2. The third kappa shape index (κ3) is 15.8. The van der Waals surface area contributed by atoms with Crippen LogP contribution in [-0.4, -0.2) is 148 Å². The van der Waals surface area contributed by atoms with Gasteiger partial charge in [0.25, 0.3) is 11.8 Å². The summed E-state index contributed by atoms with van der Waals surface area (Å²) in [5.41, 5.74) is 4.73. The zero-order valence-electron chi connectivity index (χ0n) is 30.7. The molecule has 2 aromatic rings. The van der Waals surface area contributed by atoms with E-state index in [9.17, 15) is 19.2 Å². The van der Waals surface area contributed by atoms with E-state index in [4.69, 9.17) is 47.5 Å². The van der Waals surface area contributed by atoms with Crippen LogP contribution in [0.25, 0.3) is 11.1 Å². The molecule has 0 radical (unpaired) electrons. The minimum Gasteiger partial charge on any atom is -0.449 e. The molecule has 0 saturated carbocycles. The average molecular weight is 761 g/mol. The van der Waals surface area contributed by atoms with Crippen molar-refractivity contribution in [3.63, 3.8) is 0 Å². The van der Waals surface area contributed by atoms with Crippen LogP contribution in [-0.2, 0) is 61.9 Å². The number of imide groups is 1. The number of hydrogen-bond donors (Lipinski definition) is 1. The molecule has 0 atom stereocenters. The Balaban J connectivity index is 0.808. The van der Waals surface area contributed by atoms with Gasteiger partial charge >= 0.3 is 12.1 Å². The topological polar surface area (TPSA) is 176 Å². The van der Waals surface area contributed by atoms with Crippen molar-refractivity contribution >= 4 is 23.9 Å². The quantitative estimate of drug-likeness (QED) is 0.0909. The molecule has 0 bridgehead atoms. The summed E-state index contributed by atoms with van der Waals surface area (Å²) in [5, 5.41) is 3.25. The fourth-order valence-electron chi connectivity index (χ4n) is 5.48. The molecule has 0 aromatic heterocycles. The number of carbonyl (C=O) groups is 4. The number of hydrogen-bond acceptors (Lipinski definition) is 14.